The SMILES string of the molecule is CCOC(=O)N1CCC(=CC#Cc2cccc(Cl)c2)CC1. The standard InChI is InChI=1S/C17H18ClNO2/c1-2-21-17(20)19-11-9-14(10-12-19)5-3-6-15-7-4-8-16(18)13-15/h4-5,7-8,13H,2,9-12H2,1H3. The molecule has 1 heterocycles. The Labute approximate surface area is 130 Å². The lowest BCUT2D eigenvalue weighted by molar-refractivity contribution is 0.104. The first-order chi connectivity index (χ1) is 10.2. The number of halogens is 1. The zero-order valence-corrected chi connectivity index (χ0v) is 12.8. The number of rotatable bonds is 1. The van der Waals surface area contributed by atoms with Crippen LogP contribution in [-0.2, 0) is 4.74 Å². The number of amides is 1. The van der Waals surface area contributed by atoms with E-state index < -0.39 is 0 Å². The fourth-order valence-electron chi connectivity index (χ4n) is 2.12. The summed E-state index contributed by atoms with van der Waals surface area (Å²) in [6.07, 6.45) is 3.43. The molecule has 2 rings (SSSR count). The molecule has 0 unspecified atom stereocenters. The van der Waals surface area contributed by atoms with Crippen molar-refractivity contribution >= 4 is 17.7 Å². The van der Waals surface area contributed by atoms with Crippen LogP contribution in [-0.4, -0.2) is 30.7 Å². The molecule has 1 fully saturated rings. The second-order valence-electron chi connectivity index (χ2n) is 4.77. The summed E-state index contributed by atoms with van der Waals surface area (Å²) in [5.41, 5.74) is 2.17. The molecule has 1 aliphatic rings. The van der Waals surface area contributed by atoms with Gasteiger partial charge >= 0.3 is 6.09 Å². The van der Waals surface area contributed by atoms with Crippen LogP contribution in [0.1, 0.15) is 25.3 Å². The van der Waals surface area contributed by atoms with Gasteiger partial charge in [-0.1, -0.05) is 35.1 Å². The Hall–Kier alpha value is -1.92. The molecule has 0 bridgehead atoms. The van der Waals surface area contributed by atoms with Crippen molar-refractivity contribution in [1.29, 1.82) is 0 Å². The number of piperidine rings is 1. The summed E-state index contributed by atoms with van der Waals surface area (Å²) in [6, 6.07) is 7.49. The van der Waals surface area contributed by atoms with E-state index in [-0.39, 0.29) is 6.09 Å². The second-order valence-corrected chi connectivity index (χ2v) is 5.20. The van der Waals surface area contributed by atoms with Gasteiger partial charge in [-0.2, -0.15) is 0 Å². The average molecular weight is 304 g/mol. The smallest absolute Gasteiger partial charge is 0.409 e. The fraction of sp³-hybridized carbons (Fsp3) is 0.353. The van der Waals surface area contributed by atoms with Gasteiger partial charge in [0.05, 0.1) is 6.61 Å². The Kier molecular flexibility index (Phi) is 5.71. The highest BCUT2D eigenvalue weighted by Crippen LogP contribution is 2.16. The van der Waals surface area contributed by atoms with Gasteiger partial charge in [0.2, 0.25) is 0 Å². The molecular weight excluding hydrogens is 286 g/mol. The van der Waals surface area contributed by atoms with E-state index >= 15 is 0 Å². The number of nitrogens with zero attached hydrogens (tertiary/aromatic N) is 1. The summed E-state index contributed by atoms with van der Waals surface area (Å²) >= 11 is 5.91. The van der Waals surface area contributed by atoms with E-state index in [0.29, 0.717) is 24.7 Å². The molecule has 1 amide bonds. The Bertz CT molecular complexity index is 588. The topological polar surface area (TPSA) is 29.5 Å². The monoisotopic (exact) mass is 303 g/mol. The molecule has 0 spiro atoms. The van der Waals surface area contributed by atoms with Gasteiger partial charge in [-0.3, -0.25) is 0 Å². The average Bonchev–Trinajstić information content (AvgIpc) is 2.48. The maximum absolute atomic E-state index is 11.6. The predicted molar refractivity (Wildman–Crippen MR) is 84.2 cm³/mol. The van der Waals surface area contributed by atoms with Crippen LogP contribution < -0.4 is 0 Å². The quantitative estimate of drug-likeness (QED) is 0.737. The van der Waals surface area contributed by atoms with E-state index in [4.69, 9.17) is 16.3 Å². The highest BCUT2D eigenvalue weighted by molar-refractivity contribution is 6.30. The van der Waals surface area contributed by atoms with Gasteiger partial charge in [0.25, 0.3) is 0 Å². The Morgan fingerprint density at radius 2 is 2.19 bits per heavy atom. The highest BCUT2D eigenvalue weighted by atomic mass is 35.5. The van der Waals surface area contributed by atoms with Crippen LogP contribution in [0.4, 0.5) is 4.79 Å². The minimum absolute atomic E-state index is 0.221. The Morgan fingerprint density at radius 3 is 2.86 bits per heavy atom. The number of carbonyl (C=O) groups excluding carboxylic acids is 1. The zero-order chi connectivity index (χ0) is 15.1. The Morgan fingerprint density at radius 1 is 1.43 bits per heavy atom. The summed E-state index contributed by atoms with van der Waals surface area (Å²) in [5.74, 6) is 6.13. The molecule has 4 heteroatoms. The lowest BCUT2D eigenvalue weighted by Gasteiger charge is -2.27. The number of benzene rings is 1. The van der Waals surface area contributed by atoms with E-state index in [1.54, 1.807) is 4.90 Å². The van der Waals surface area contributed by atoms with Gasteiger partial charge in [-0.05, 0) is 44.0 Å². The lowest BCUT2D eigenvalue weighted by Crippen LogP contribution is -2.36. The molecule has 1 aliphatic heterocycles. The summed E-state index contributed by atoms with van der Waals surface area (Å²) in [5, 5.41) is 0.692. The van der Waals surface area contributed by atoms with Gasteiger partial charge in [-0.25, -0.2) is 4.79 Å². The first-order valence-electron chi connectivity index (χ1n) is 7.05. The van der Waals surface area contributed by atoms with Gasteiger partial charge in [0, 0.05) is 23.7 Å². The highest BCUT2D eigenvalue weighted by Gasteiger charge is 2.19. The van der Waals surface area contributed by atoms with Crippen LogP contribution in [0.25, 0.3) is 0 Å². The molecule has 1 aromatic rings. The van der Waals surface area contributed by atoms with E-state index in [1.165, 1.54) is 5.57 Å². The maximum Gasteiger partial charge on any atom is 0.409 e. The molecule has 110 valence electrons. The number of allylic oxidation sites excluding steroid dienone is 1. The van der Waals surface area contributed by atoms with E-state index in [9.17, 15) is 4.79 Å². The largest absolute Gasteiger partial charge is 0.450 e. The first kappa shape index (κ1) is 15.5. The van der Waals surface area contributed by atoms with Crippen molar-refractivity contribution in [2.45, 2.75) is 19.8 Å². The van der Waals surface area contributed by atoms with Gasteiger partial charge < -0.3 is 9.64 Å². The lowest BCUT2D eigenvalue weighted by atomic mass is 10.0. The third-order valence-electron chi connectivity index (χ3n) is 3.25. The van der Waals surface area contributed by atoms with Crippen LogP contribution in [0.3, 0.4) is 0 Å². The van der Waals surface area contributed by atoms with Gasteiger partial charge in [0.1, 0.15) is 0 Å². The summed E-state index contributed by atoms with van der Waals surface area (Å²) in [4.78, 5) is 13.3. The minimum Gasteiger partial charge on any atom is -0.450 e. The van der Waals surface area contributed by atoms with Crippen LogP contribution >= 0.6 is 11.6 Å². The summed E-state index contributed by atoms with van der Waals surface area (Å²) in [7, 11) is 0. The van der Waals surface area contributed by atoms with E-state index in [0.717, 1.165) is 18.4 Å². The molecule has 1 aromatic carbocycles. The van der Waals surface area contributed by atoms with Crippen molar-refractivity contribution in [3.05, 3.63) is 46.5 Å². The van der Waals surface area contributed by atoms with Crippen molar-refractivity contribution in [3.8, 4) is 11.8 Å². The molecule has 0 saturated carbocycles. The normalized spacial score (nSPS) is 14.2. The molecule has 0 aromatic heterocycles. The van der Waals surface area contributed by atoms with Crippen LogP contribution in [0.15, 0.2) is 35.9 Å². The van der Waals surface area contributed by atoms with Crippen molar-refractivity contribution in [2.75, 3.05) is 19.7 Å². The first-order valence-corrected chi connectivity index (χ1v) is 7.43. The molecular formula is C17H18ClNO2. The van der Waals surface area contributed by atoms with Crippen LogP contribution in [0.2, 0.25) is 5.02 Å². The fourth-order valence-corrected chi connectivity index (χ4v) is 2.31. The van der Waals surface area contributed by atoms with Crippen molar-refractivity contribution in [3.63, 3.8) is 0 Å². The number of hydrogen-bond donors (Lipinski definition) is 0. The molecule has 1 saturated heterocycles. The Balaban J connectivity index is 1.89. The van der Waals surface area contributed by atoms with E-state index in [2.05, 4.69) is 11.8 Å². The molecule has 0 radical (unpaired) electrons. The van der Waals surface area contributed by atoms with Crippen molar-refractivity contribution < 1.29 is 9.53 Å². The molecule has 0 atom stereocenters. The third-order valence-corrected chi connectivity index (χ3v) is 3.48. The molecule has 21 heavy (non-hydrogen) atoms. The number of likely N-dealkylation sites (tertiary alicyclic amines) is 1. The number of ether oxygens (including phenoxy) is 1. The van der Waals surface area contributed by atoms with E-state index in [1.807, 2.05) is 37.3 Å². The van der Waals surface area contributed by atoms with Gasteiger partial charge in [0.15, 0.2) is 0 Å². The predicted octanol–water partition coefficient (Wildman–Crippen LogP) is 3.87. The summed E-state index contributed by atoms with van der Waals surface area (Å²) in [6.45, 7) is 3.63. The van der Waals surface area contributed by atoms with Crippen molar-refractivity contribution in [1.82, 2.24) is 4.90 Å². The minimum atomic E-state index is -0.221. The zero-order valence-electron chi connectivity index (χ0n) is 12.1. The molecule has 0 aliphatic carbocycles. The van der Waals surface area contributed by atoms with Crippen LogP contribution in [0.5, 0.6) is 0 Å². The molecule has 3 nitrogen and oxygen atoms in total. The van der Waals surface area contributed by atoms with Crippen molar-refractivity contribution in [2.24, 2.45) is 0 Å². The second kappa shape index (κ2) is 7.75. The number of hydrogen-bond acceptors (Lipinski definition) is 2. The summed E-state index contributed by atoms with van der Waals surface area (Å²) < 4.78 is 4.99. The third kappa shape index (κ3) is 4.84. The molecule has 0 N–H and O–H groups in total. The maximum atomic E-state index is 11.6. The van der Waals surface area contributed by atoms with Crippen LogP contribution in [0, 0.1) is 11.8 Å². The number of carbonyl (C=O) groups is 1. The van der Waals surface area contributed by atoms with Gasteiger partial charge in [-0.15, -0.1) is 0 Å².